The van der Waals surface area contributed by atoms with Crippen molar-refractivity contribution in [3.05, 3.63) is 35.4 Å². The van der Waals surface area contributed by atoms with Crippen molar-refractivity contribution in [1.29, 1.82) is 0 Å². The molecule has 0 aliphatic rings. The summed E-state index contributed by atoms with van der Waals surface area (Å²) in [4.78, 5) is 9.17. The van der Waals surface area contributed by atoms with Gasteiger partial charge in [0, 0.05) is 6.42 Å². The molecule has 14 heavy (non-hydrogen) atoms. The molecule has 78 valence electrons. The lowest BCUT2D eigenvalue weighted by molar-refractivity contribution is -0.107. The highest BCUT2D eigenvalue weighted by Crippen LogP contribution is 2.13. The number of carbonyl (C=O) groups excluding carboxylic acids is 1. The second kappa shape index (κ2) is 7.31. The molecule has 1 aromatic carbocycles. The molecular weight excluding hydrogens is 172 g/mol. The molecule has 0 saturated carbocycles. The molecule has 1 rings (SSSR count). The molecular formula is C13H20O. The van der Waals surface area contributed by atoms with Crippen molar-refractivity contribution in [2.75, 3.05) is 0 Å². The van der Waals surface area contributed by atoms with Crippen molar-refractivity contribution < 1.29 is 4.79 Å². The summed E-state index contributed by atoms with van der Waals surface area (Å²) in [7, 11) is 0. The molecule has 0 amide bonds. The first kappa shape index (κ1) is 12.9. The molecule has 0 aliphatic carbocycles. The molecule has 0 aromatic heterocycles. The molecule has 1 aromatic rings. The van der Waals surface area contributed by atoms with Gasteiger partial charge in [-0.15, -0.1) is 0 Å². The van der Waals surface area contributed by atoms with Gasteiger partial charge in [-0.25, -0.2) is 0 Å². The second-order valence-electron chi connectivity index (χ2n) is 3.64. The molecule has 0 N–H and O–H groups in total. The lowest BCUT2D eigenvalue weighted by Gasteiger charge is -2.03. The third-order valence-electron chi connectivity index (χ3n) is 1.91. The maximum absolute atomic E-state index is 9.17. The number of aldehydes is 1. The zero-order valence-corrected chi connectivity index (χ0v) is 9.58. The summed E-state index contributed by atoms with van der Waals surface area (Å²) >= 11 is 0. The van der Waals surface area contributed by atoms with Gasteiger partial charge in [-0.05, 0) is 18.4 Å². The van der Waals surface area contributed by atoms with Gasteiger partial charge in [-0.1, -0.05) is 50.6 Å². The van der Waals surface area contributed by atoms with Gasteiger partial charge in [0.15, 0.2) is 0 Å². The smallest absolute Gasteiger partial charge is 0.119 e. The topological polar surface area (TPSA) is 17.1 Å². The fourth-order valence-corrected chi connectivity index (χ4v) is 0.951. The fraction of sp³-hybridized carbons (Fsp3) is 0.462. The molecule has 0 fully saturated rings. The molecule has 0 heterocycles. The number of rotatable bonds is 2. The van der Waals surface area contributed by atoms with Gasteiger partial charge in [0.25, 0.3) is 0 Å². The van der Waals surface area contributed by atoms with Crippen LogP contribution < -0.4 is 0 Å². The quantitative estimate of drug-likeness (QED) is 0.653. The van der Waals surface area contributed by atoms with Crippen molar-refractivity contribution in [2.24, 2.45) is 0 Å². The van der Waals surface area contributed by atoms with E-state index in [1.54, 1.807) is 0 Å². The zero-order chi connectivity index (χ0) is 11.0. The number of carbonyl (C=O) groups is 1. The highest BCUT2D eigenvalue weighted by Gasteiger charge is 1.95. The number of hydrogen-bond acceptors (Lipinski definition) is 1. The van der Waals surface area contributed by atoms with Gasteiger partial charge in [0.1, 0.15) is 6.29 Å². The largest absolute Gasteiger partial charge is 0.303 e. The van der Waals surface area contributed by atoms with E-state index < -0.39 is 0 Å². The van der Waals surface area contributed by atoms with Crippen LogP contribution in [0.2, 0.25) is 0 Å². The highest BCUT2D eigenvalue weighted by atomic mass is 16.1. The molecule has 0 atom stereocenters. The maximum atomic E-state index is 9.17. The molecule has 0 saturated heterocycles. The van der Waals surface area contributed by atoms with Crippen LogP contribution in [-0.2, 0) is 4.79 Å². The summed E-state index contributed by atoms with van der Waals surface area (Å²) in [6, 6.07) is 8.71. The monoisotopic (exact) mass is 192 g/mol. The van der Waals surface area contributed by atoms with Gasteiger partial charge in [0.2, 0.25) is 0 Å². The SMILES string of the molecule is CCC=O.Cc1ccc(C(C)C)cc1. The van der Waals surface area contributed by atoms with E-state index in [2.05, 4.69) is 45.0 Å². The Labute approximate surface area is 87.2 Å². The lowest BCUT2D eigenvalue weighted by Crippen LogP contribution is -1.85. The molecule has 0 aliphatic heterocycles. The predicted molar refractivity (Wildman–Crippen MR) is 61.6 cm³/mol. The molecule has 0 spiro atoms. The van der Waals surface area contributed by atoms with E-state index in [1.165, 1.54) is 11.1 Å². The standard InChI is InChI=1S/C10H14.C3H6O/c1-8(2)10-6-4-9(3)5-7-10;1-2-3-4/h4-8H,1-3H3;3H,2H2,1H3. The normalized spacial score (nSPS) is 9.21. The first-order valence-electron chi connectivity index (χ1n) is 5.12. The van der Waals surface area contributed by atoms with Crippen LogP contribution >= 0.6 is 0 Å². The molecule has 0 unspecified atom stereocenters. The van der Waals surface area contributed by atoms with Crippen LogP contribution in [0.1, 0.15) is 44.2 Å². The third-order valence-corrected chi connectivity index (χ3v) is 1.91. The maximum Gasteiger partial charge on any atom is 0.119 e. The van der Waals surface area contributed by atoms with Crippen LogP contribution in [0.4, 0.5) is 0 Å². The fourth-order valence-electron chi connectivity index (χ4n) is 0.951. The number of hydrogen-bond donors (Lipinski definition) is 0. The van der Waals surface area contributed by atoms with Crippen molar-refractivity contribution in [3.63, 3.8) is 0 Å². The Balaban J connectivity index is 0.000000364. The van der Waals surface area contributed by atoms with E-state index in [4.69, 9.17) is 0 Å². The summed E-state index contributed by atoms with van der Waals surface area (Å²) in [5, 5.41) is 0. The Morgan fingerprint density at radius 2 is 1.64 bits per heavy atom. The summed E-state index contributed by atoms with van der Waals surface area (Å²) in [5.74, 6) is 0.653. The first-order valence-corrected chi connectivity index (χ1v) is 5.12. The van der Waals surface area contributed by atoms with E-state index >= 15 is 0 Å². The number of aryl methyl sites for hydroxylation is 1. The first-order chi connectivity index (χ1) is 6.61. The van der Waals surface area contributed by atoms with Crippen LogP contribution in [-0.4, -0.2) is 6.29 Å². The Kier molecular flexibility index (Phi) is 6.73. The van der Waals surface area contributed by atoms with Crippen LogP contribution in [0.25, 0.3) is 0 Å². The minimum absolute atomic E-state index is 0.639. The van der Waals surface area contributed by atoms with E-state index in [0.29, 0.717) is 12.3 Å². The summed E-state index contributed by atoms with van der Waals surface area (Å²) in [6.07, 6.45) is 1.51. The molecule has 1 heteroatoms. The number of benzene rings is 1. The van der Waals surface area contributed by atoms with Crippen LogP contribution in [0.3, 0.4) is 0 Å². The Hall–Kier alpha value is -1.11. The Bertz CT molecular complexity index is 246. The van der Waals surface area contributed by atoms with Gasteiger partial charge in [-0.2, -0.15) is 0 Å². The molecule has 0 radical (unpaired) electrons. The van der Waals surface area contributed by atoms with E-state index in [-0.39, 0.29) is 0 Å². The average Bonchev–Trinajstić information content (AvgIpc) is 2.19. The van der Waals surface area contributed by atoms with Gasteiger partial charge in [0.05, 0.1) is 0 Å². The van der Waals surface area contributed by atoms with E-state index in [1.807, 2.05) is 6.92 Å². The zero-order valence-electron chi connectivity index (χ0n) is 9.58. The van der Waals surface area contributed by atoms with Crippen molar-refractivity contribution in [3.8, 4) is 0 Å². The summed E-state index contributed by atoms with van der Waals surface area (Å²) in [5.41, 5.74) is 2.76. The van der Waals surface area contributed by atoms with Crippen LogP contribution in [0, 0.1) is 6.92 Å². The summed E-state index contributed by atoms with van der Waals surface area (Å²) in [6.45, 7) is 8.35. The van der Waals surface area contributed by atoms with Crippen LogP contribution in [0.5, 0.6) is 0 Å². The minimum Gasteiger partial charge on any atom is -0.303 e. The van der Waals surface area contributed by atoms with Gasteiger partial charge >= 0.3 is 0 Å². The van der Waals surface area contributed by atoms with Gasteiger partial charge in [-0.3, -0.25) is 0 Å². The summed E-state index contributed by atoms with van der Waals surface area (Å²) < 4.78 is 0. The van der Waals surface area contributed by atoms with Crippen molar-refractivity contribution in [2.45, 2.75) is 40.0 Å². The Morgan fingerprint density at radius 3 is 1.93 bits per heavy atom. The lowest BCUT2D eigenvalue weighted by atomic mass is 10.0. The van der Waals surface area contributed by atoms with Crippen LogP contribution in [0.15, 0.2) is 24.3 Å². The molecule has 1 nitrogen and oxygen atoms in total. The van der Waals surface area contributed by atoms with Crippen molar-refractivity contribution >= 4 is 6.29 Å². The average molecular weight is 192 g/mol. The van der Waals surface area contributed by atoms with Gasteiger partial charge < -0.3 is 4.79 Å². The van der Waals surface area contributed by atoms with E-state index in [0.717, 1.165) is 6.29 Å². The minimum atomic E-state index is 0.639. The molecule has 0 bridgehead atoms. The third kappa shape index (κ3) is 5.52. The van der Waals surface area contributed by atoms with Crippen molar-refractivity contribution in [1.82, 2.24) is 0 Å². The predicted octanol–water partition coefficient (Wildman–Crippen LogP) is 3.71. The van der Waals surface area contributed by atoms with E-state index in [9.17, 15) is 4.79 Å². The Morgan fingerprint density at radius 1 is 1.21 bits per heavy atom. The second-order valence-corrected chi connectivity index (χ2v) is 3.64. The highest BCUT2D eigenvalue weighted by molar-refractivity contribution is 5.48.